The fourth-order valence-corrected chi connectivity index (χ4v) is 1.78. The van der Waals surface area contributed by atoms with E-state index in [-0.39, 0.29) is 0 Å². The summed E-state index contributed by atoms with van der Waals surface area (Å²) >= 11 is 0. The highest BCUT2D eigenvalue weighted by Gasteiger charge is 1.95. The van der Waals surface area contributed by atoms with Crippen LogP contribution in [0.4, 0.5) is 0 Å². The second kappa shape index (κ2) is 6.79. The Hall–Kier alpha value is -1.70. The van der Waals surface area contributed by atoms with Gasteiger partial charge >= 0.3 is 0 Å². The van der Waals surface area contributed by atoms with Crippen molar-refractivity contribution in [3.8, 4) is 0 Å². The standard InChI is InChI=1S/C15H17N2/c1(2-6-14-8-4-10-16-12-14)3-7-15-9-5-11-17-13-15/h4-6,8-13H,1-3,7H2. The van der Waals surface area contributed by atoms with Crippen molar-refractivity contribution < 1.29 is 0 Å². The molecule has 0 N–H and O–H groups in total. The van der Waals surface area contributed by atoms with E-state index in [0.29, 0.717) is 0 Å². The number of hydrogen-bond donors (Lipinski definition) is 0. The first-order valence-electron chi connectivity index (χ1n) is 6.07. The molecule has 0 aliphatic carbocycles. The molecule has 0 saturated carbocycles. The van der Waals surface area contributed by atoms with Gasteiger partial charge < -0.3 is 0 Å². The Bertz CT molecular complexity index is 370. The summed E-state index contributed by atoms with van der Waals surface area (Å²) in [5.74, 6) is 0. The summed E-state index contributed by atoms with van der Waals surface area (Å²) in [5.41, 5.74) is 2.54. The number of unbranched alkanes of at least 4 members (excludes halogenated alkanes) is 2. The molecule has 87 valence electrons. The fraction of sp³-hybridized carbons (Fsp3) is 0.267. The third-order valence-electron chi connectivity index (χ3n) is 2.71. The molecular formula is C15H17N2. The first kappa shape index (κ1) is 11.8. The Morgan fingerprint density at radius 3 is 2.47 bits per heavy atom. The number of pyridine rings is 2. The zero-order valence-corrected chi connectivity index (χ0v) is 9.92. The molecule has 0 atom stereocenters. The molecule has 17 heavy (non-hydrogen) atoms. The minimum atomic E-state index is 1.12. The predicted molar refractivity (Wildman–Crippen MR) is 69.4 cm³/mol. The van der Waals surface area contributed by atoms with Crippen molar-refractivity contribution in [2.75, 3.05) is 0 Å². The molecule has 2 aromatic rings. The lowest BCUT2D eigenvalue weighted by molar-refractivity contribution is 0.729. The monoisotopic (exact) mass is 225 g/mol. The molecule has 0 bridgehead atoms. The normalized spacial score (nSPS) is 10.4. The minimum Gasteiger partial charge on any atom is -0.264 e. The summed E-state index contributed by atoms with van der Waals surface area (Å²) < 4.78 is 0. The van der Waals surface area contributed by atoms with E-state index in [1.165, 1.54) is 24.0 Å². The number of rotatable bonds is 6. The maximum absolute atomic E-state index is 4.12. The molecule has 2 nitrogen and oxygen atoms in total. The van der Waals surface area contributed by atoms with Crippen LogP contribution in [0, 0.1) is 6.42 Å². The third-order valence-corrected chi connectivity index (χ3v) is 2.71. The van der Waals surface area contributed by atoms with Crippen LogP contribution in [0.25, 0.3) is 0 Å². The summed E-state index contributed by atoms with van der Waals surface area (Å²) in [6.45, 7) is 0. The van der Waals surface area contributed by atoms with Crippen molar-refractivity contribution in [3.05, 3.63) is 66.6 Å². The molecule has 0 saturated heterocycles. The molecule has 2 heterocycles. The molecule has 2 rings (SSSR count). The number of hydrogen-bond acceptors (Lipinski definition) is 2. The zero-order chi connectivity index (χ0) is 11.8. The van der Waals surface area contributed by atoms with Crippen molar-refractivity contribution in [3.63, 3.8) is 0 Å². The lowest BCUT2D eigenvalue weighted by atomic mass is 10.1. The molecule has 0 amide bonds. The Balaban J connectivity index is 1.61. The molecule has 0 aromatic carbocycles. The van der Waals surface area contributed by atoms with Crippen LogP contribution in [-0.4, -0.2) is 9.97 Å². The first-order chi connectivity index (χ1) is 8.45. The second-order valence-corrected chi connectivity index (χ2v) is 4.10. The molecule has 0 aliphatic rings. The average molecular weight is 225 g/mol. The van der Waals surface area contributed by atoms with Gasteiger partial charge in [0, 0.05) is 24.8 Å². The molecule has 2 heteroatoms. The van der Waals surface area contributed by atoms with Gasteiger partial charge in [-0.1, -0.05) is 18.6 Å². The first-order valence-corrected chi connectivity index (χ1v) is 6.07. The van der Waals surface area contributed by atoms with E-state index in [1.807, 2.05) is 30.7 Å². The van der Waals surface area contributed by atoms with Crippen LogP contribution in [0.2, 0.25) is 0 Å². The molecular weight excluding hydrogens is 208 g/mol. The highest BCUT2D eigenvalue weighted by molar-refractivity contribution is 5.17. The second-order valence-electron chi connectivity index (χ2n) is 4.10. The van der Waals surface area contributed by atoms with Crippen LogP contribution in [0.5, 0.6) is 0 Å². The van der Waals surface area contributed by atoms with Crippen molar-refractivity contribution in [1.29, 1.82) is 0 Å². The largest absolute Gasteiger partial charge is 0.264 e. The molecule has 1 radical (unpaired) electrons. The van der Waals surface area contributed by atoms with Gasteiger partial charge in [-0.25, -0.2) is 0 Å². The van der Waals surface area contributed by atoms with Gasteiger partial charge in [-0.05, 0) is 48.9 Å². The summed E-state index contributed by atoms with van der Waals surface area (Å²) in [6, 6.07) is 8.20. The topological polar surface area (TPSA) is 25.8 Å². The van der Waals surface area contributed by atoms with Gasteiger partial charge in [0.25, 0.3) is 0 Å². The Morgan fingerprint density at radius 1 is 0.941 bits per heavy atom. The third kappa shape index (κ3) is 4.35. The maximum atomic E-state index is 4.12. The van der Waals surface area contributed by atoms with Crippen LogP contribution in [0.1, 0.15) is 30.4 Å². The van der Waals surface area contributed by atoms with Crippen LogP contribution in [-0.2, 0) is 6.42 Å². The SMILES string of the molecule is [CH](CCCCc1cccnc1)c1cccnc1. The Kier molecular flexibility index (Phi) is 4.70. The van der Waals surface area contributed by atoms with Gasteiger partial charge in [0.05, 0.1) is 0 Å². The summed E-state index contributed by atoms with van der Waals surface area (Å²) in [6.07, 6.45) is 14.4. The summed E-state index contributed by atoms with van der Waals surface area (Å²) in [4.78, 5) is 8.21. The summed E-state index contributed by atoms with van der Waals surface area (Å²) in [7, 11) is 0. The molecule has 0 aliphatic heterocycles. The smallest absolute Gasteiger partial charge is 0.0302 e. The van der Waals surface area contributed by atoms with E-state index in [4.69, 9.17) is 0 Å². The van der Waals surface area contributed by atoms with Gasteiger partial charge in [0.15, 0.2) is 0 Å². The predicted octanol–water partition coefficient (Wildman–Crippen LogP) is 3.44. The Labute approximate surface area is 103 Å². The number of aromatic nitrogens is 2. The van der Waals surface area contributed by atoms with Gasteiger partial charge in [-0.15, -0.1) is 0 Å². The highest BCUT2D eigenvalue weighted by atomic mass is 14.6. The van der Waals surface area contributed by atoms with Gasteiger partial charge in [-0.3, -0.25) is 9.97 Å². The van der Waals surface area contributed by atoms with E-state index in [0.717, 1.165) is 12.8 Å². The van der Waals surface area contributed by atoms with E-state index in [1.54, 1.807) is 6.20 Å². The van der Waals surface area contributed by atoms with E-state index in [9.17, 15) is 0 Å². The maximum Gasteiger partial charge on any atom is 0.0302 e. The minimum absolute atomic E-state index is 1.12. The van der Waals surface area contributed by atoms with Crippen molar-refractivity contribution in [2.45, 2.75) is 25.7 Å². The fourth-order valence-electron chi connectivity index (χ4n) is 1.78. The van der Waals surface area contributed by atoms with E-state index < -0.39 is 0 Å². The molecule has 2 aromatic heterocycles. The number of nitrogens with zero attached hydrogens (tertiary/aromatic N) is 2. The van der Waals surface area contributed by atoms with Crippen molar-refractivity contribution >= 4 is 0 Å². The number of aryl methyl sites for hydroxylation is 1. The molecule has 0 fully saturated rings. The van der Waals surface area contributed by atoms with Gasteiger partial charge in [-0.2, -0.15) is 0 Å². The van der Waals surface area contributed by atoms with E-state index in [2.05, 4.69) is 28.5 Å². The molecule has 0 spiro atoms. The van der Waals surface area contributed by atoms with Gasteiger partial charge in [0.1, 0.15) is 0 Å². The van der Waals surface area contributed by atoms with Crippen LogP contribution in [0.15, 0.2) is 49.1 Å². The van der Waals surface area contributed by atoms with Gasteiger partial charge in [0.2, 0.25) is 0 Å². The lowest BCUT2D eigenvalue weighted by Crippen LogP contribution is -1.88. The average Bonchev–Trinajstić information content (AvgIpc) is 2.41. The zero-order valence-electron chi connectivity index (χ0n) is 9.92. The quantitative estimate of drug-likeness (QED) is 0.704. The van der Waals surface area contributed by atoms with Crippen LogP contribution >= 0.6 is 0 Å². The summed E-state index contributed by atoms with van der Waals surface area (Å²) in [5, 5.41) is 0. The van der Waals surface area contributed by atoms with Crippen LogP contribution in [0.3, 0.4) is 0 Å². The van der Waals surface area contributed by atoms with Crippen molar-refractivity contribution in [1.82, 2.24) is 9.97 Å². The molecule has 0 unspecified atom stereocenters. The van der Waals surface area contributed by atoms with E-state index >= 15 is 0 Å². The van der Waals surface area contributed by atoms with Crippen LogP contribution < -0.4 is 0 Å². The Morgan fingerprint density at radius 2 is 1.76 bits per heavy atom. The highest BCUT2D eigenvalue weighted by Crippen LogP contribution is 2.09. The lowest BCUT2D eigenvalue weighted by Gasteiger charge is -2.01. The van der Waals surface area contributed by atoms with Crippen molar-refractivity contribution in [2.24, 2.45) is 0 Å².